The average Bonchev–Trinajstić information content (AvgIpc) is 2.98. The number of carbonyl (C=O) groups is 1. The second-order valence-corrected chi connectivity index (χ2v) is 4.77. The van der Waals surface area contributed by atoms with Gasteiger partial charge in [0.2, 0.25) is 0 Å². The number of ether oxygens (including phenoxy) is 1. The molecule has 0 unspecified atom stereocenters. The van der Waals surface area contributed by atoms with Crippen molar-refractivity contribution in [2.45, 2.75) is 19.9 Å². The number of rotatable bonds is 4. The maximum atomic E-state index is 11.3. The van der Waals surface area contributed by atoms with Gasteiger partial charge in [0.1, 0.15) is 0 Å². The average molecular weight is 328 g/mol. The van der Waals surface area contributed by atoms with Crippen LogP contribution < -0.4 is 0 Å². The lowest BCUT2D eigenvalue weighted by Gasteiger charge is -2.02. The van der Waals surface area contributed by atoms with E-state index in [9.17, 15) is 4.79 Å². The van der Waals surface area contributed by atoms with E-state index in [1.54, 1.807) is 15.6 Å². The van der Waals surface area contributed by atoms with Gasteiger partial charge in [0.25, 0.3) is 0 Å². The fourth-order valence-electron chi connectivity index (χ4n) is 1.72. The van der Waals surface area contributed by atoms with Crippen molar-refractivity contribution in [3.05, 3.63) is 27.8 Å². The molecule has 0 atom stereocenters. The van der Waals surface area contributed by atoms with Gasteiger partial charge in [-0.05, 0) is 22.4 Å². The number of hydrogen-bond acceptors (Lipinski definition) is 5. The Morgan fingerprint density at radius 1 is 1.53 bits per heavy atom. The minimum Gasteiger partial charge on any atom is -0.464 e. The molecule has 102 valence electrons. The maximum absolute atomic E-state index is 11.3. The van der Waals surface area contributed by atoms with Crippen LogP contribution >= 0.6 is 15.9 Å². The molecule has 0 saturated heterocycles. The number of hydrogen-bond donors (Lipinski definition) is 0. The van der Waals surface area contributed by atoms with E-state index in [0.717, 1.165) is 22.3 Å². The summed E-state index contributed by atoms with van der Waals surface area (Å²) in [6.07, 6.45) is 2.40. The molecule has 0 aliphatic carbocycles. The third-order valence-corrected chi connectivity index (χ3v) is 3.66. The van der Waals surface area contributed by atoms with Crippen molar-refractivity contribution in [2.75, 3.05) is 7.11 Å². The molecule has 0 radical (unpaired) electrons. The lowest BCUT2D eigenvalue weighted by molar-refractivity contribution is 0.0594. The van der Waals surface area contributed by atoms with Crippen LogP contribution in [0.1, 0.15) is 28.8 Å². The fourth-order valence-corrected chi connectivity index (χ4v) is 2.46. The topological polar surface area (TPSA) is 74.8 Å². The highest BCUT2D eigenvalue weighted by molar-refractivity contribution is 9.10. The Morgan fingerprint density at radius 3 is 2.84 bits per heavy atom. The minimum atomic E-state index is -0.496. The Kier molecular flexibility index (Phi) is 3.98. The molecule has 0 bridgehead atoms. The summed E-state index contributed by atoms with van der Waals surface area (Å²) in [6.45, 7) is 2.52. The highest BCUT2D eigenvalue weighted by Gasteiger charge is 2.15. The first-order valence-electron chi connectivity index (χ1n) is 5.75. The summed E-state index contributed by atoms with van der Waals surface area (Å²) in [5, 5.41) is 12.1. The molecule has 2 rings (SSSR count). The Balaban J connectivity index is 2.24. The van der Waals surface area contributed by atoms with Crippen molar-refractivity contribution < 1.29 is 9.53 Å². The van der Waals surface area contributed by atoms with Crippen LogP contribution in [0.4, 0.5) is 0 Å². The van der Waals surface area contributed by atoms with Gasteiger partial charge in [-0.1, -0.05) is 12.1 Å². The minimum absolute atomic E-state index is 0.191. The van der Waals surface area contributed by atoms with Gasteiger partial charge in [0.15, 0.2) is 5.69 Å². The zero-order chi connectivity index (χ0) is 14.0. The third-order valence-electron chi connectivity index (χ3n) is 2.75. The number of aryl methyl sites for hydroxylation is 2. The first kappa shape index (κ1) is 13.7. The molecule has 0 amide bonds. The highest BCUT2D eigenvalue weighted by Crippen LogP contribution is 2.22. The van der Waals surface area contributed by atoms with Crippen molar-refractivity contribution in [1.82, 2.24) is 24.8 Å². The van der Waals surface area contributed by atoms with Gasteiger partial charge in [-0.15, -0.1) is 5.10 Å². The molecule has 8 heteroatoms. The number of carbonyl (C=O) groups excluding carboxylic acids is 1. The third kappa shape index (κ3) is 2.67. The van der Waals surface area contributed by atoms with Crippen LogP contribution in [0, 0.1) is 0 Å². The molecule has 0 aliphatic rings. The Labute approximate surface area is 118 Å². The molecule has 2 aromatic rings. The quantitative estimate of drug-likeness (QED) is 0.788. The predicted molar refractivity (Wildman–Crippen MR) is 70.7 cm³/mol. The molecule has 0 spiro atoms. The van der Waals surface area contributed by atoms with E-state index in [4.69, 9.17) is 0 Å². The molecule has 0 N–H and O–H groups in total. The van der Waals surface area contributed by atoms with E-state index in [2.05, 4.69) is 36.1 Å². The molecular formula is C11H14BrN5O2. The molecule has 0 aromatic carbocycles. The van der Waals surface area contributed by atoms with E-state index in [1.165, 1.54) is 7.11 Å². The van der Waals surface area contributed by atoms with Crippen LogP contribution in [0.5, 0.6) is 0 Å². The summed E-state index contributed by atoms with van der Waals surface area (Å²) in [6, 6.07) is 0. The summed E-state index contributed by atoms with van der Waals surface area (Å²) in [5.41, 5.74) is 2.15. The molecule has 2 aromatic heterocycles. The largest absolute Gasteiger partial charge is 0.464 e. The van der Waals surface area contributed by atoms with Gasteiger partial charge in [-0.25, -0.2) is 9.48 Å². The van der Waals surface area contributed by atoms with Crippen LogP contribution in [-0.4, -0.2) is 37.9 Å². The smallest absolute Gasteiger partial charge is 0.360 e. The van der Waals surface area contributed by atoms with E-state index >= 15 is 0 Å². The standard InChI is InChI=1S/C11H14BrN5O2/c1-4-7-10(12)9(16(2)14-7)6-17-5-8(13-15-17)11(18)19-3/h5H,4,6H2,1-3H3. The van der Waals surface area contributed by atoms with E-state index in [-0.39, 0.29) is 5.69 Å². The van der Waals surface area contributed by atoms with E-state index < -0.39 is 5.97 Å². The van der Waals surface area contributed by atoms with E-state index in [1.807, 2.05) is 14.0 Å². The van der Waals surface area contributed by atoms with Gasteiger partial charge in [-0.2, -0.15) is 5.10 Å². The summed E-state index contributed by atoms with van der Waals surface area (Å²) in [5.74, 6) is -0.496. The number of methoxy groups -OCH3 is 1. The number of halogens is 1. The second kappa shape index (κ2) is 5.52. The van der Waals surface area contributed by atoms with Gasteiger partial charge >= 0.3 is 5.97 Å². The lowest BCUT2D eigenvalue weighted by Crippen LogP contribution is -2.06. The molecule has 7 nitrogen and oxygen atoms in total. The molecule has 0 fully saturated rings. The van der Waals surface area contributed by atoms with Crippen molar-refractivity contribution in [1.29, 1.82) is 0 Å². The van der Waals surface area contributed by atoms with Crippen molar-refractivity contribution in [2.24, 2.45) is 7.05 Å². The molecule has 2 heterocycles. The summed E-state index contributed by atoms with van der Waals surface area (Å²) in [7, 11) is 3.18. The number of nitrogens with zero attached hydrogens (tertiary/aromatic N) is 5. The second-order valence-electron chi connectivity index (χ2n) is 3.98. The van der Waals surface area contributed by atoms with Crippen LogP contribution in [-0.2, 0) is 24.8 Å². The summed E-state index contributed by atoms with van der Waals surface area (Å²) < 4.78 is 8.92. The lowest BCUT2D eigenvalue weighted by atomic mass is 10.3. The monoisotopic (exact) mass is 327 g/mol. The zero-order valence-electron chi connectivity index (χ0n) is 10.9. The van der Waals surface area contributed by atoms with Crippen LogP contribution in [0.25, 0.3) is 0 Å². The zero-order valence-corrected chi connectivity index (χ0v) is 12.5. The molecule has 0 aliphatic heterocycles. The summed E-state index contributed by atoms with van der Waals surface area (Å²) in [4.78, 5) is 11.3. The van der Waals surface area contributed by atoms with Gasteiger partial charge in [0.05, 0.1) is 35.7 Å². The first-order chi connectivity index (χ1) is 9.06. The fraction of sp³-hybridized carbons (Fsp3) is 0.455. The molecular weight excluding hydrogens is 314 g/mol. The van der Waals surface area contributed by atoms with Gasteiger partial charge in [0, 0.05) is 7.05 Å². The Bertz CT molecular complexity index is 604. The normalized spacial score (nSPS) is 10.7. The van der Waals surface area contributed by atoms with Crippen LogP contribution in [0.2, 0.25) is 0 Å². The van der Waals surface area contributed by atoms with Crippen molar-refractivity contribution in [3.63, 3.8) is 0 Å². The predicted octanol–water partition coefficient (Wildman–Crippen LogP) is 1.17. The Morgan fingerprint density at radius 2 is 2.26 bits per heavy atom. The van der Waals surface area contributed by atoms with Crippen LogP contribution in [0.15, 0.2) is 10.7 Å². The SMILES string of the molecule is CCc1nn(C)c(Cn2cc(C(=O)OC)nn2)c1Br. The molecule has 19 heavy (non-hydrogen) atoms. The maximum Gasteiger partial charge on any atom is 0.360 e. The van der Waals surface area contributed by atoms with Crippen LogP contribution in [0.3, 0.4) is 0 Å². The first-order valence-corrected chi connectivity index (χ1v) is 6.54. The molecule has 0 saturated carbocycles. The summed E-state index contributed by atoms with van der Waals surface area (Å²) >= 11 is 3.53. The van der Waals surface area contributed by atoms with Gasteiger partial charge < -0.3 is 4.74 Å². The Hall–Kier alpha value is -1.70. The van der Waals surface area contributed by atoms with Gasteiger partial charge in [-0.3, -0.25) is 4.68 Å². The van der Waals surface area contributed by atoms with Crippen molar-refractivity contribution >= 4 is 21.9 Å². The number of aromatic nitrogens is 5. The van der Waals surface area contributed by atoms with Crippen molar-refractivity contribution in [3.8, 4) is 0 Å². The highest BCUT2D eigenvalue weighted by atomic mass is 79.9. The number of esters is 1. The van der Waals surface area contributed by atoms with E-state index in [0.29, 0.717) is 6.54 Å².